The Morgan fingerprint density at radius 2 is 1.76 bits per heavy atom. The van der Waals surface area contributed by atoms with E-state index in [0.717, 1.165) is 6.42 Å². The summed E-state index contributed by atoms with van der Waals surface area (Å²) < 4.78 is 0. The number of carbonyl (C=O) groups excluding carboxylic acids is 2. The van der Waals surface area contributed by atoms with Crippen molar-refractivity contribution in [3.63, 3.8) is 0 Å². The molecular formula is C16H25NO4. The second-order valence-corrected chi connectivity index (χ2v) is 7.28. The van der Waals surface area contributed by atoms with Gasteiger partial charge in [-0.1, -0.05) is 6.92 Å². The lowest BCUT2D eigenvalue weighted by Gasteiger charge is -2.47. The fourth-order valence-electron chi connectivity index (χ4n) is 5.05. The Hall–Kier alpha value is -0.780. The Kier molecular flexibility index (Phi) is 3.71. The predicted octanol–water partition coefficient (Wildman–Crippen LogP) is 1.56. The smallest absolute Gasteiger partial charge is 0.165 e. The van der Waals surface area contributed by atoms with Crippen LogP contribution >= 0.6 is 0 Å². The van der Waals surface area contributed by atoms with Gasteiger partial charge in [0.15, 0.2) is 5.78 Å². The predicted molar refractivity (Wildman–Crippen MR) is 75.7 cm³/mol. The summed E-state index contributed by atoms with van der Waals surface area (Å²) >= 11 is 0. The van der Waals surface area contributed by atoms with Crippen molar-refractivity contribution in [2.24, 2.45) is 17.3 Å². The van der Waals surface area contributed by atoms with Crippen molar-refractivity contribution >= 4 is 11.6 Å². The summed E-state index contributed by atoms with van der Waals surface area (Å²) in [6.07, 6.45) is 3.65. The van der Waals surface area contributed by atoms with Crippen molar-refractivity contribution in [2.75, 3.05) is 13.1 Å². The molecule has 0 aromatic carbocycles. The number of ketones is 2. The normalized spacial score (nSPS) is 45.5. The van der Waals surface area contributed by atoms with Gasteiger partial charge in [-0.2, -0.15) is 5.06 Å². The maximum Gasteiger partial charge on any atom is 0.165 e. The first kappa shape index (κ1) is 15.1. The Morgan fingerprint density at radius 3 is 2.48 bits per heavy atom. The molecule has 3 aliphatic rings. The highest BCUT2D eigenvalue weighted by molar-refractivity contribution is 6.01. The van der Waals surface area contributed by atoms with E-state index in [1.165, 1.54) is 5.06 Å². The third-order valence-electron chi connectivity index (χ3n) is 5.99. The molecule has 118 valence electrons. The van der Waals surface area contributed by atoms with Gasteiger partial charge in [0.05, 0.1) is 5.41 Å². The van der Waals surface area contributed by atoms with Crippen molar-refractivity contribution in [1.82, 2.24) is 5.06 Å². The van der Waals surface area contributed by atoms with Crippen molar-refractivity contribution < 1.29 is 19.9 Å². The van der Waals surface area contributed by atoms with Crippen LogP contribution in [-0.2, 0) is 9.59 Å². The lowest BCUT2D eigenvalue weighted by atomic mass is 9.56. The number of rotatable bonds is 0. The first-order chi connectivity index (χ1) is 9.90. The average Bonchev–Trinajstić information content (AvgIpc) is 2.63. The SMILES string of the molecule is C[C@H]1CC(=O)[C@]23CCCN(O)CCC[C@]2(O)C(=O)C[C@@H]3C1. The lowest BCUT2D eigenvalue weighted by Crippen LogP contribution is -2.57. The summed E-state index contributed by atoms with van der Waals surface area (Å²) in [5.41, 5.74) is -2.39. The van der Waals surface area contributed by atoms with Gasteiger partial charge in [-0.15, -0.1) is 0 Å². The van der Waals surface area contributed by atoms with E-state index in [1.54, 1.807) is 0 Å². The van der Waals surface area contributed by atoms with E-state index in [-0.39, 0.29) is 17.5 Å². The van der Waals surface area contributed by atoms with Gasteiger partial charge >= 0.3 is 0 Å². The Labute approximate surface area is 125 Å². The molecule has 0 aromatic rings. The molecule has 0 bridgehead atoms. The molecule has 0 radical (unpaired) electrons. The molecule has 1 saturated heterocycles. The topological polar surface area (TPSA) is 77.8 Å². The largest absolute Gasteiger partial charge is 0.381 e. The molecule has 5 heteroatoms. The van der Waals surface area contributed by atoms with Gasteiger partial charge in [-0.25, -0.2) is 0 Å². The van der Waals surface area contributed by atoms with E-state index in [0.29, 0.717) is 57.5 Å². The molecule has 2 aliphatic carbocycles. The van der Waals surface area contributed by atoms with Crippen molar-refractivity contribution in [1.29, 1.82) is 0 Å². The Morgan fingerprint density at radius 1 is 1.10 bits per heavy atom. The van der Waals surface area contributed by atoms with E-state index in [1.807, 2.05) is 0 Å². The third-order valence-corrected chi connectivity index (χ3v) is 5.99. The van der Waals surface area contributed by atoms with Crippen LogP contribution < -0.4 is 0 Å². The maximum absolute atomic E-state index is 12.9. The highest BCUT2D eigenvalue weighted by atomic mass is 16.5. The molecule has 4 atom stereocenters. The summed E-state index contributed by atoms with van der Waals surface area (Å²) in [6.45, 7) is 3.00. The molecule has 0 unspecified atom stereocenters. The molecule has 0 aromatic heterocycles. The number of hydrogen-bond acceptors (Lipinski definition) is 5. The molecule has 2 saturated carbocycles. The van der Waals surface area contributed by atoms with Gasteiger partial charge in [0.1, 0.15) is 11.4 Å². The number of Topliss-reactive ketones (excluding diaryl/α,β-unsaturated/α-hetero) is 2. The zero-order chi connectivity index (χ0) is 15.3. The minimum Gasteiger partial charge on any atom is -0.381 e. The van der Waals surface area contributed by atoms with Gasteiger partial charge in [0, 0.05) is 25.9 Å². The van der Waals surface area contributed by atoms with Crippen LogP contribution in [0.5, 0.6) is 0 Å². The van der Waals surface area contributed by atoms with Crippen LogP contribution in [0.2, 0.25) is 0 Å². The number of carbonyl (C=O) groups is 2. The first-order valence-corrected chi connectivity index (χ1v) is 8.13. The summed E-state index contributed by atoms with van der Waals surface area (Å²) in [5, 5.41) is 22.2. The molecule has 5 nitrogen and oxygen atoms in total. The molecule has 1 heterocycles. The van der Waals surface area contributed by atoms with E-state index >= 15 is 0 Å². The fraction of sp³-hybridized carbons (Fsp3) is 0.875. The van der Waals surface area contributed by atoms with Crippen molar-refractivity contribution in [3.8, 4) is 0 Å². The quantitative estimate of drug-likeness (QED) is 0.709. The standard InChI is InChI=1S/C16H25NO4/c1-11-8-12-10-14(19)16(20)5-3-7-17(21)6-2-4-15(12,16)13(18)9-11/h11-12,20-21H,2-10H2,1H3/t11-,12+,15-,16+/m1/s1. The molecule has 0 amide bonds. The van der Waals surface area contributed by atoms with Gasteiger partial charge in [-0.05, 0) is 43.9 Å². The number of hydrogen-bond donors (Lipinski definition) is 2. The first-order valence-electron chi connectivity index (χ1n) is 8.13. The van der Waals surface area contributed by atoms with Crippen LogP contribution in [0.15, 0.2) is 0 Å². The molecule has 2 N–H and O–H groups in total. The zero-order valence-corrected chi connectivity index (χ0v) is 12.7. The van der Waals surface area contributed by atoms with Gasteiger partial charge in [0.2, 0.25) is 0 Å². The van der Waals surface area contributed by atoms with Crippen molar-refractivity contribution in [3.05, 3.63) is 0 Å². The third kappa shape index (κ3) is 2.09. The Balaban J connectivity index is 2.02. The van der Waals surface area contributed by atoms with Gasteiger partial charge in [-0.3, -0.25) is 9.59 Å². The van der Waals surface area contributed by atoms with E-state index in [2.05, 4.69) is 6.92 Å². The van der Waals surface area contributed by atoms with E-state index in [4.69, 9.17) is 0 Å². The van der Waals surface area contributed by atoms with E-state index < -0.39 is 11.0 Å². The summed E-state index contributed by atoms with van der Waals surface area (Å²) in [5.74, 6) is 0.203. The van der Waals surface area contributed by atoms with Crippen LogP contribution in [0.1, 0.15) is 51.9 Å². The second-order valence-electron chi connectivity index (χ2n) is 7.28. The van der Waals surface area contributed by atoms with Crippen LogP contribution in [0.3, 0.4) is 0 Å². The molecular weight excluding hydrogens is 270 g/mol. The second kappa shape index (κ2) is 5.14. The minimum atomic E-state index is -1.50. The lowest BCUT2D eigenvalue weighted by molar-refractivity contribution is -0.165. The number of aliphatic hydroxyl groups is 1. The number of nitrogens with zero attached hydrogens (tertiary/aromatic N) is 1. The molecule has 1 aliphatic heterocycles. The summed E-state index contributed by atoms with van der Waals surface area (Å²) in [6, 6.07) is 0. The minimum absolute atomic E-state index is 0.0171. The summed E-state index contributed by atoms with van der Waals surface area (Å²) in [7, 11) is 0. The van der Waals surface area contributed by atoms with Crippen LogP contribution in [0.4, 0.5) is 0 Å². The highest BCUT2D eigenvalue weighted by Crippen LogP contribution is 2.59. The van der Waals surface area contributed by atoms with Crippen LogP contribution in [0, 0.1) is 17.3 Å². The van der Waals surface area contributed by atoms with Crippen molar-refractivity contribution in [2.45, 2.75) is 57.5 Å². The van der Waals surface area contributed by atoms with Gasteiger partial charge < -0.3 is 10.3 Å². The molecule has 3 rings (SSSR count). The van der Waals surface area contributed by atoms with Crippen LogP contribution in [0.25, 0.3) is 0 Å². The number of hydroxylamine groups is 2. The summed E-state index contributed by atoms with van der Waals surface area (Å²) in [4.78, 5) is 25.4. The monoisotopic (exact) mass is 295 g/mol. The fourth-order valence-corrected chi connectivity index (χ4v) is 5.05. The Bertz CT molecular complexity index is 465. The molecule has 1 spiro atoms. The molecule has 3 fully saturated rings. The highest BCUT2D eigenvalue weighted by Gasteiger charge is 2.68. The van der Waals surface area contributed by atoms with Gasteiger partial charge in [0.25, 0.3) is 0 Å². The molecule has 21 heavy (non-hydrogen) atoms. The average molecular weight is 295 g/mol. The zero-order valence-electron chi connectivity index (χ0n) is 12.7. The van der Waals surface area contributed by atoms with Crippen LogP contribution in [-0.4, -0.2) is 45.6 Å². The maximum atomic E-state index is 12.9. The van der Waals surface area contributed by atoms with E-state index in [9.17, 15) is 19.9 Å².